The Kier molecular flexibility index (Phi) is 3.75. The Balaban J connectivity index is 2.72. The second kappa shape index (κ2) is 5.05. The number of carbonyl (C=O) groups is 3. The monoisotopic (exact) mass is 241 g/mol. The molecule has 0 radical (unpaired) electrons. The summed E-state index contributed by atoms with van der Waals surface area (Å²) in [5.41, 5.74) is 0.0160. The van der Waals surface area contributed by atoms with E-state index in [0.717, 1.165) is 4.68 Å². The van der Waals surface area contributed by atoms with Gasteiger partial charge in [0.15, 0.2) is 5.69 Å². The van der Waals surface area contributed by atoms with Crippen molar-refractivity contribution in [2.24, 2.45) is 0 Å². The number of hydrogen-bond donors (Lipinski definition) is 3. The number of nitrogens with one attached hydrogen (secondary N) is 2. The molecule has 0 aliphatic carbocycles. The molecule has 9 heteroatoms. The van der Waals surface area contributed by atoms with E-state index >= 15 is 0 Å². The van der Waals surface area contributed by atoms with E-state index < -0.39 is 17.9 Å². The summed E-state index contributed by atoms with van der Waals surface area (Å²) < 4.78 is 1.10. The van der Waals surface area contributed by atoms with E-state index in [-0.39, 0.29) is 17.9 Å². The van der Waals surface area contributed by atoms with Gasteiger partial charge in [-0.15, -0.1) is 5.10 Å². The third-order valence-corrected chi connectivity index (χ3v) is 1.96. The van der Waals surface area contributed by atoms with Crippen LogP contribution in [0.1, 0.15) is 16.2 Å². The van der Waals surface area contributed by atoms with E-state index in [1.807, 2.05) is 5.32 Å². The summed E-state index contributed by atoms with van der Waals surface area (Å²) in [7, 11) is 1.37. The molecule has 3 amide bonds. The number of aromatic nitrogens is 3. The van der Waals surface area contributed by atoms with Gasteiger partial charge in [0.05, 0.1) is 5.69 Å². The van der Waals surface area contributed by atoms with Gasteiger partial charge >= 0.3 is 12.0 Å². The van der Waals surface area contributed by atoms with Gasteiger partial charge in [-0.2, -0.15) is 0 Å². The van der Waals surface area contributed by atoms with Crippen molar-refractivity contribution in [3.05, 3.63) is 11.4 Å². The number of aromatic carboxylic acids is 1. The van der Waals surface area contributed by atoms with Crippen molar-refractivity contribution in [2.75, 3.05) is 7.05 Å². The number of urea groups is 1. The molecule has 9 nitrogen and oxygen atoms in total. The lowest BCUT2D eigenvalue weighted by molar-refractivity contribution is -0.120. The van der Waals surface area contributed by atoms with Crippen LogP contribution in [0.5, 0.6) is 0 Å². The van der Waals surface area contributed by atoms with Gasteiger partial charge < -0.3 is 10.4 Å². The Morgan fingerprint density at radius 3 is 2.53 bits per heavy atom. The van der Waals surface area contributed by atoms with Crippen LogP contribution in [0.3, 0.4) is 0 Å². The first-order chi connectivity index (χ1) is 7.95. The molecule has 3 N–H and O–H groups in total. The molecule has 0 bridgehead atoms. The number of carboxylic acid groups (broad SMARTS) is 1. The van der Waals surface area contributed by atoms with Crippen LogP contribution >= 0.6 is 0 Å². The maximum atomic E-state index is 11.3. The molecule has 1 aromatic rings. The molecular formula is C8H11N5O4. The van der Waals surface area contributed by atoms with Gasteiger partial charge in [-0.05, 0) is 6.92 Å². The average molecular weight is 241 g/mol. The third-order valence-electron chi connectivity index (χ3n) is 1.96. The molecule has 0 unspecified atom stereocenters. The summed E-state index contributed by atoms with van der Waals surface area (Å²) in [5, 5.41) is 19.8. The number of carbonyl (C=O) groups excluding carboxylic acids is 2. The predicted octanol–water partition coefficient (Wildman–Crippen LogP) is -1.26. The summed E-state index contributed by atoms with van der Waals surface area (Å²) >= 11 is 0. The highest BCUT2D eigenvalue weighted by atomic mass is 16.4. The largest absolute Gasteiger partial charge is 0.476 e. The Bertz CT molecular complexity index is 466. The van der Waals surface area contributed by atoms with Gasteiger partial charge in [0, 0.05) is 7.05 Å². The smallest absolute Gasteiger partial charge is 0.358 e. The fourth-order valence-corrected chi connectivity index (χ4v) is 1.07. The third kappa shape index (κ3) is 3.00. The maximum absolute atomic E-state index is 11.3. The van der Waals surface area contributed by atoms with Crippen LogP contribution in [-0.2, 0) is 11.3 Å². The molecule has 0 aliphatic heterocycles. The highest BCUT2D eigenvalue weighted by Crippen LogP contribution is 2.02. The molecule has 0 saturated carbocycles. The van der Waals surface area contributed by atoms with Gasteiger partial charge in [-0.1, -0.05) is 5.21 Å². The molecule has 0 aliphatic rings. The number of imide groups is 1. The van der Waals surface area contributed by atoms with E-state index in [9.17, 15) is 14.4 Å². The Labute approximate surface area is 95.8 Å². The first-order valence-corrected chi connectivity index (χ1v) is 4.60. The second-order valence-corrected chi connectivity index (χ2v) is 3.11. The minimum atomic E-state index is -1.22. The number of hydrogen-bond acceptors (Lipinski definition) is 5. The zero-order valence-corrected chi connectivity index (χ0v) is 9.22. The molecule has 0 aromatic carbocycles. The van der Waals surface area contributed by atoms with Crippen molar-refractivity contribution in [3.63, 3.8) is 0 Å². The molecule has 0 saturated heterocycles. The fourth-order valence-electron chi connectivity index (χ4n) is 1.07. The SMILES string of the molecule is CNC(=O)NC(=O)Cn1nnc(C(=O)O)c1C. The van der Waals surface area contributed by atoms with Crippen molar-refractivity contribution >= 4 is 17.9 Å². The van der Waals surface area contributed by atoms with Crippen LogP contribution in [0.4, 0.5) is 4.79 Å². The summed E-state index contributed by atoms with van der Waals surface area (Å²) in [6.07, 6.45) is 0. The molecule has 92 valence electrons. The first kappa shape index (κ1) is 12.6. The molecule has 0 fully saturated rings. The summed E-state index contributed by atoms with van der Waals surface area (Å²) in [5.74, 6) is -1.84. The molecule has 0 atom stereocenters. The van der Waals surface area contributed by atoms with Crippen molar-refractivity contribution < 1.29 is 19.5 Å². The Morgan fingerprint density at radius 2 is 2.06 bits per heavy atom. The number of amides is 3. The molecule has 1 heterocycles. The van der Waals surface area contributed by atoms with Crippen molar-refractivity contribution in [3.8, 4) is 0 Å². The lowest BCUT2D eigenvalue weighted by Crippen LogP contribution is -2.39. The first-order valence-electron chi connectivity index (χ1n) is 4.60. The fraction of sp³-hybridized carbons (Fsp3) is 0.375. The minimum absolute atomic E-state index is 0.224. The van der Waals surface area contributed by atoms with Crippen molar-refractivity contribution in [1.29, 1.82) is 0 Å². The standard InChI is InChI=1S/C8H11N5O4/c1-4-6(7(15)16)11-12-13(4)3-5(14)10-8(17)9-2/h3H2,1-2H3,(H,15,16)(H2,9,10,14,17). The van der Waals surface area contributed by atoms with Gasteiger partial charge in [-0.3, -0.25) is 10.1 Å². The van der Waals surface area contributed by atoms with Crippen LogP contribution in [0.2, 0.25) is 0 Å². The second-order valence-electron chi connectivity index (χ2n) is 3.11. The van der Waals surface area contributed by atoms with Crippen LogP contribution in [0, 0.1) is 6.92 Å². The molecular weight excluding hydrogens is 230 g/mol. The van der Waals surface area contributed by atoms with E-state index in [1.54, 1.807) is 0 Å². The average Bonchev–Trinajstić information content (AvgIpc) is 2.60. The molecule has 0 spiro atoms. The van der Waals surface area contributed by atoms with E-state index in [0.29, 0.717) is 0 Å². The van der Waals surface area contributed by atoms with Gasteiger partial charge in [0.2, 0.25) is 5.91 Å². The van der Waals surface area contributed by atoms with Gasteiger partial charge in [0.25, 0.3) is 0 Å². The highest BCUT2D eigenvalue weighted by molar-refractivity contribution is 5.94. The van der Waals surface area contributed by atoms with Gasteiger partial charge in [0.1, 0.15) is 6.54 Å². The lowest BCUT2D eigenvalue weighted by Gasteiger charge is -2.04. The van der Waals surface area contributed by atoms with E-state index in [1.165, 1.54) is 14.0 Å². The van der Waals surface area contributed by atoms with E-state index in [4.69, 9.17) is 5.11 Å². The molecule has 1 aromatic heterocycles. The predicted molar refractivity (Wildman–Crippen MR) is 54.3 cm³/mol. The summed E-state index contributed by atoms with van der Waals surface area (Å²) in [6, 6.07) is -0.647. The topological polar surface area (TPSA) is 126 Å². The number of nitrogens with zero attached hydrogens (tertiary/aromatic N) is 3. The van der Waals surface area contributed by atoms with Crippen molar-refractivity contribution in [2.45, 2.75) is 13.5 Å². The van der Waals surface area contributed by atoms with Gasteiger partial charge in [-0.25, -0.2) is 14.3 Å². The molecule has 1 rings (SSSR count). The maximum Gasteiger partial charge on any atom is 0.358 e. The molecule has 17 heavy (non-hydrogen) atoms. The van der Waals surface area contributed by atoms with Crippen LogP contribution in [0.15, 0.2) is 0 Å². The summed E-state index contributed by atoms with van der Waals surface area (Å²) in [4.78, 5) is 32.8. The van der Waals surface area contributed by atoms with Crippen LogP contribution < -0.4 is 10.6 Å². The number of rotatable bonds is 3. The lowest BCUT2D eigenvalue weighted by atomic mass is 10.3. The summed E-state index contributed by atoms with van der Waals surface area (Å²) in [6.45, 7) is 1.19. The Morgan fingerprint density at radius 1 is 1.41 bits per heavy atom. The van der Waals surface area contributed by atoms with Crippen molar-refractivity contribution in [1.82, 2.24) is 25.6 Å². The zero-order chi connectivity index (χ0) is 13.0. The van der Waals surface area contributed by atoms with Crippen LogP contribution in [-0.4, -0.2) is 45.1 Å². The minimum Gasteiger partial charge on any atom is -0.476 e. The zero-order valence-electron chi connectivity index (χ0n) is 9.22. The number of carboxylic acids is 1. The van der Waals surface area contributed by atoms with Crippen LogP contribution in [0.25, 0.3) is 0 Å². The normalized spacial score (nSPS) is 9.76. The Hall–Kier alpha value is -2.45. The quantitative estimate of drug-likeness (QED) is 0.606. The highest BCUT2D eigenvalue weighted by Gasteiger charge is 2.17. The van der Waals surface area contributed by atoms with E-state index in [2.05, 4.69) is 15.6 Å².